The minimum absolute atomic E-state index is 0.152. The predicted molar refractivity (Wildman–Crippen MR) is 102 cm³/mol. The van der Waals surface area contributed by atoms with E-state index >= 15 is 0 Å². The second-order valence-corrected chi connectivity index (χ2v) is 8.65. The van der Waals surface area contributed by atoms with Gasteiger partial charge in [-0.15, -0.1) is 0 Å². The quantitative estimate of drug-likeness (QED) is 0.566. The van der Waals surface area contributed by atoms with Crippen LogP contribution in [0.4, 0.5) is 30.2 Å². The maximum absolute atomic E-state index is 13.8. The average molecular weight is 444 g/mol. The molecule has 0 fully saturated rings. The van der Waals surface area contributed by atoms with Crippen LogP contribution in [0, 0.1) is 23.4 Å². The van der Waals surface area contributed by atoms with Crippen LogP contribution in [0.2, 0.25) is 0 Å². The normalized spacial score (nSPS) is 13.9. The summed E-state index contributed by atoms with van der Waals surface area (Å²) in [6.45, 7) is 3.14. The maximum Gasteiger partial charge on any atom is 0.243 e. The summed E-state index contributed by atoms with van der Waals surface area (Å²) in [7, 11) is -4.20. The van der Waals surface area contributed by atoms with Crippen molar-refractivity contribution in [1.29, 1.82) is 0 Å². The van der Waals surface area contributed by atoms with Crippen LogP contribution in [0.3, 0.4) is 0 Å². The first-order chi connectivity index (χ1) is 13.6. The Morgan fingerprint density at radius 2 is 1.79 bits per heavy atom. The third-order valence-corrected chi connectivity index (χ3v) is 6.08. The molecule has 1 atom stereocenters. The van der Waals surface area contributed by atoms with Gasteiger partial charge in [0.2, 0.25) is 15.9 Å². The molecule has 0 unspecified atom stereocenters. The van der Waals surface area contributed by atoms with E-state index in [0.717, 1.165) is 17.4 Å². The number of carbonyl (C=O) groups is 1. The standard InChI is InChI=1S/C17H15F3N4O3S2/c1-8(2)15(17(25)21-10-7-6-9(18)13(19)14(10)20)24-29(26,27)12-5-3-4-11-16(12)23-28-22-11/h3-8,15,24H,1-2H3,(H,21,25)/t15-/m0/s1. The minimum Gasteiger partial charge on any atom is -0.322 e. The van der Waals surface area contributed by atoms with Gasteiger partial charge in [-0.05, 0) is 30.2 Å². The Bertz CT molecular complexity index is 1160. The summed E-state index contributed by atoms with van der Waals surface area (Å²) in [5, 5.41) is 2.09. The van der Waals surface area contributed by atoms with Crippen molar-refractivity contribution >= 4 is 44.3 Å². The second kappa shape index (κ2) is 8.05. The first-order valence-electron chi connectivity index (χ1n) is 8.30. The van der Waals surface area contributed by atoms with Gasteiger partial charge in [-0.1, -0.05) is 19.9 Å². The number of anilines is 1. The van der Waals surface area contributed by atoms with Gasteiger partial charge in [0.15, 0.2) is 17.5 Å². The summed E-state index contributed by atoms with van der Waals surface area (Å²) in [6.07, 6.45) is 0. The molecule has 0 radical (unpaired) electrons. The van der Waals surface area contributed by atoms with E-state index in [9.17, 15) is 26.4 Å². The van der Waals surface area contributed by atoms with Gasteiger partial charge in [0.05, 0.1) is 17.0 Å². The van der Waals surface area contributed by atoms with Crippen LogP contribution in [0.1, 0.15) is 13.8 Å². The van der Waals surface area contributed by atoms with Gasteiger partial charge in [-0.25, -0.2) is 21.6 Å². The number of benzene rings is 2. The molecule has 154 valence electrons. The topological polar surface area (TPSA) is 100.0 Å². The van der Waals surface area contributed by atoms with Gasteiger partial charge in [0.1, 0.15) is 22.3 Å². The number of hydrogen-bond donors (Lipinski definition) is 2. The minimum atomic E-state index is -4.20. The molecule has 29 heavy (non-hydrogen) atoms. The molecule has 3 rings (SSSR count). The molecule has 0 saturated carbocycles. The molecule has 1 aliphatic rings. The van der Waals surface area contributed by atoms with Crippen molar-refractivity contribution in [3.05, 3.63) is 47.8 Å². The third-order valence-electron chi connectivity index (χ3n) is 4.06. The smallest absolute Gasteiger partial charge is 0.243 e. The van der Waals surface area contributed by atoms with Crippen LogP contribution >= 0.6 is 0 Å². The fourth-order valence-corrected chi connectivity index (χ4v) is 4.66. The van der Waals surface area contributed by atoms with Crippen molar-refractivity contribution in [1.82, 2.24) is 4.72 Å². The summed E-state index contributed by atoms with van der Waals surface area (Å²) < 4.78 is 76.2. The van der Waals surface area contributed by atoms with E-state index in [1.54, 1.807) is 19.9 Å². The van der Waals surface area contributed by atoms with Crippen molar-refractivity contribution in [2.24, 2.45) is 14.6 Å². The molecule has 0 spiro atoms. The van der Waals surface area contributed by atoms with Gasteiger partial charge in [-0.2, -0.15) is 13.4 Å². The van der Waals surface area contributed by atoms with Gasteiger partial charge < -0.3 is 5.32 Å². The summed E-state index contributed by atoms with van der Waals surface area (Å²) in [5.41, 5.74) is -0.0728. The molecular formula is C17H15F3N4O3S2. The number of nitrogens with zero attached hydrogens (tertiary/aromatic N) is 2. The van der Waals surface area contributed by atoms with Crippen LogP contribution in [0.15, 0.2) is 44.0 Å². The molecule has 12 heteroatoms. The SMILES string of the molecule is CC(C)[C@H](NS(=O)(=O)c1cccc2c1N=S=N2)C(=O)Nc1ccc(F)c(F)c1F. The van der Waals surface area contributed by atoms with Gasteiger partial charge in [-0.3, -0.25) is 4.79 Å². The molecule has 1 amide bonds. The second-order valence-electron chi connectivity index (χ2n) is 6.44. The monoisotopic (exact) mass is 444 g/mol. The van der Waals surface area contributed by atoms with Gasteiger partial charge in [0, 0.05) is 0 Å². The van der Waals surface area contributed by atoms with Crippen LogP contribution in [-0.2, 0) is 26.2 Å². The Morgan fingerprint density at radius 1 is 1.07 bits per heavy atom. The largest absolute Gasteiger partial charge is 0.322 e. The number of hydrogen-bond acceptors (Lipinski definition) is 5. The van der Waals surface area contributed by atoms with E-state index in [1.165, 1.54) is 12.1 Å². The van der Waals surface area contributed by atoms with E-state index in [2.05, 4.69) is 18.8 Å². The Morgan fingerprint density at radius 3 is 2.48 bits per heavy atom. The lowest BCUT2D eigenvalue weighted by Crippen LogP contribution is -2.47. The highest BCUT2D eigenvalue weighted by Crippen LogP contribution is 2.37. The molecule has 2 aromatic carbocycles. The van der Waals surface area contributed by atoms with Crippen molar-refractivity contribution in [3.8, 4) is 0 Å². The highest BCUT2D eigenvalue weighted by Gasteiger charge is 2.31. The summed E-state index contributed by atoms with van der Waals surface area (Å²) in [5.74, 6) is -6.22. The van der Waals surface area contributed by atoms with Crippen molar-refractivity contribution < 1.29 is 26.4 Å². The molecule has 1 heterocycles. The van der Waals surface area contributed by atoms with Crippen molar-refractivity contribution in [2.75, 3.05) is 5.32 Å². The molecule has 1 aliphatic heterocycles. The highest BCUT2D eigenvalue weighted by molar-refractivity contribution is 7.89. The lowest BCUT2D eigenvalue weighted by molar-refractivity contribution is -0.118. The molecule has 0 aliphatic carbocycles. The Hall–Kier alpha value is -2.57. The summed E-state index contributed by atoms with van der Waals surface area (Å²) in [6, 6.07) is 4.57. The number of amides is 1. The Balaban J connectivity index is 1.87. The third kappa shape index (κ3) is 4.23. The first kappa shape index (κ1) is 21.1. The molecule has 0 bridgehead atoms. The maximum atomic E-state index is 13.8. The van der Waals surface area contributed by atoms with Crippen molar-refractivity contribution in [3.63, 3.8) is 0 Å². The Labute approximate surface area is 168 Å². The lowest BCUT2D eigenvalue weighted by atomic mass is 10.0. The van der Waals surface area contributed by atoms with Crippen molar-refractivity contribution in [2.45, 2.75) is 24.8 Å². The predicted octanol–water partition coefficient (Wildman–Crippen LogP) is 3.77. The summed E-state index contributed by atoms with van der Waals surface area (Å²) >= 11 is 0.841. The Kier molecular flexibility index (Phi) is 5.87. The summed E-state index contributed by atoms with van der Waals surface area (Å²) in [4.78, 5) is 12.4. The zero-order valence-electron chi connectivity index (χ0n) is 15.1. The first-order valence-corrected chi connectivity index (χ1v) is 10.5. The van der Waals surface area contributed by atoms with E-state index in [0.29, 0.717) is 11.8 Å². The van der Waals surface area contributed by atoms with E-state index in [1.807, 2.05) is 0 Å². The molecule has 0 saturated heterocycles. The molecule has 7 nitrogen and oxygen atoms in total. The fourth-order valence-electron chi connectivity index (χ4n) is 2.55. The number of fused-ring (bicyclic) bond motifs is 1. The highest BCUT2D eigenvalue weighted by atomic mass is 32.2. The average Bonchev–Trinajstić information content (AvgIpc) is 3.15. The van der Waals surface area contributed by atoms with Crippen LogP contribution < -0.4 is 10.0 Å². The molecule has 2 aromatic rings. The number of halogens is 3. The van der Waals surface area contributed by atoms with E-state index in [4.69, 9.17) is 0 Å². The number of sulfonamides is 1. The number of carbonyl (C=O) groups excluding carboxylic acids is 1. The lowest BCUT2D eigenvalue weighted by Gasteiger charge is -2.22. The van der Waals surface area contributed by atoms with E-state index in [-0.39, 0.29) is 10.6 Å². The number of rotatable bonds is 6. The van der Waals surface area contributed by atoms with E-state index < -0.39 is 51.0 Å². The van der Waals surface area contributed by atoms with Crippen LogP contribution in [0.25, 0.3) is 0 Å². The molecule has 0 aromatic heterocycles. The zero-order chi connectivity index (χ0) is 21.3. The van der Waals surface area contributed by atoms with Crippen LogP contribution in [-0.4, -0.2) is 20.4 Å². The molecule has 2 N–H and O–H groups in total. The van der Waals surface area contributed by atoms with Gasteiger partial charge in [0.25, 0.3) is 0 Å². The number of nitrogens with one attached hydrogen (secondary N) is 2. The molecular weight excluding hydrogens is 429 g/mol. The van der Waals surface area contributed by atoms with Crippen LogP contribution in [0.5, 0.6) is 0 Å². The van der Waals surface area contributed by atoms with Gasteiger partial charge >= 0.3 is 0 Å². The zero-order valence-corrected chi connectivity index (χ0v) is 16.7. The fraction of sp³-hybridized carbons (Fsp3) is 0.235.